The van der Waals surface area contributed by atoms with Crippen LogP contribution in [0.2, 0.25) is 0 Å². The number of rotatable bonds is 20. The molecule has 0 spiro atoms. The first-order chi connectivity index (χ1) is 19.7. The van der Waals surface area contributed by atoms with Gasteiger partial charge in [0.05, 0.1) is 28.4 Å². The second kappa shape index (κ2) is 22.0. The number of halogens is 2. The third-order valence-electron chi connectivity index (χ3n) is 7.30. The van der Waals surface area contributed by atoms with Crippen molar-refractivity contribution in [2.45, 2.75) is 51.4 Å². The topological polar surface area (TPSA) is 61.0 Å². The van der Waals surface area contributed by atoms with Crippen molar-refractivity contribution < 1.29 is 18.9 Å². The van der Waals surface area contributed by atoms with Crippen LogP contribution in [0.15, 0.2) is 60.7 Å². The van der Waals surface area contributed by atoms with Crippen LogP contribution in [0.3, 0.4) is 0 Å². The van der Waals surface area contributed by atoms with E-state index in [-0.39, 0.29) is 24.8 Å². The van der Waals surface area contributed by atoms with E-state index < -0.39 is 0 Å². The molecule has 0 radical (unpaired) electrons. The molecular weight excluding hydrogens is 571 g/mol. The Morgan fingerprint density at radius 3 is 1.64 bits per heavy atom. The first-order valence-electron chi connectivity index (χ1n) is 14.6. The van der Waals surface area contributed by atoms with Gasteiger partial charge in [0.15, 0.2) is 11.5 Å². The van der Waals surface area contributed by atoms with Gasteiger partial charge in [0.2, 0.25) is 0 Å². The van der Waals surface area contributed by atoms with Crippen molar-refractivity contribution >= 4 is 24.8 Å². The van der Waals surface area contributed by atoms with Gasteiger partial charge >= 0.3 is 0 Å². The Hall–Kier alpha value is -2.64. The lowest BCUT2D eigenvalue weighted by Gasteiger charge is -2.17. The Morgan fingerprint density at radius 1 is 0.524 bits per heavy atom. The van der Waals surface area contributed by atoms with Gasteiger partial charge in [0.25, 0.3) is 0 Å². The molecule has 234 valence electrons. The summed E-state index contributed by atoms with van der Waals surface area (Å²) in [5.74, 6) is 3.45. The van der Waals surface area contributed by atoms with Crippen molar-refractivity contribution in [3.05, 3.63) is 82.9 Å². The Labute approximate surface area is 265 Å². The molecule has 0 bridgehead atoms. The van der Waals surface area contributed by atoms with E-state index in [4.69, 9.17) is 18.9 Å². The molecule has 0 atom stereocenters. The SMILES string of the molecule is COc1cccc(CCNCCCCCCNCCc2ccc(OC)c(OC)c2CCc2cccc(OC)c2)c1.Cl.Cl. The van der Waals surface area contributed by atoms with Crippen LogP contribution in [0.4, 0.5) is 0 Å². The van der Waals surface area contributed by atoms with Crippen LogP contribution in [0.1, 0.15) is 47.9 Å². The van der Waals surface area contributed by atoms with Gasteiger partial charge in [-0.2, -0.15) is 0 Å². The molecule has 0 saturated heterocycles. The van der Waals surface area contributed by atoms with Crippen LogP contribution >= 0.6 is 24.8 Å². The summed E-state index contributed by atoms with van der Waals surface area (Å²) in [7, 11) is 6.85. The number of nitrogens with one attached hydrogen (secondary N) is 2. The molecule has 3 rings (SSSR count). The highest BCUT2D eigenvalue weighted by Gasteiger charge is 2.15. The first-order valence-corrected chi connectivity index (χ1v) is 14.6. The molecular formula is C34H50Cl2N2O4. The summed E-state index contributed by atoms with van der Waals surface area (Å²) in [5.41, 5.74) is 5.11. The van der Waals surface area contributed by atoms with Crippen LogP contribution in [-0.2, 0) is 25.7 Å². The lowest BCUT2D eigenvalue weighted by molar-refractivity contribution is 0.351. The molecule has 0 aromatic heterocycles. The largest absolute Gasteiger partial charge is 0.497 e. The average Bonchev–Trinajstić information content (AvgIpc) is 3.00. The molecule has 0 heterocycles. The molecule has 0 amide bonds. The fourth-order valence-electron chi connectivity index (χ4n) is 5.02. The summed E-state index contributed by atoms with van der Waals surface area (Å²) in [6, 6.07) is 20.8. The Kier molecular flexibility index (Phi) is 19.6. The zero-order valence-electron chi connectivity index (χ0n) is 25.7. The van der Waals surface area contributed by atoms with E-state index in [9.17, 15) is 0 Å². The van der Waals surface area contributed by atoms with Gasteiger partial charge in [-0.25, -0.2) is 0 Å². The number of methoxy groups -OCH3 is 4. The Bertz CT molecular complexity index is 1150. The number of aryl methyl sites for hydroxylation is 1. The maximum atomic E-state index is 5.80. The van der Waals surface area contributed by atoms with Crippen LogP contribution < -0.4 is 29.6 Å². The van der Waals surface area contributed by atoms with Crippen molar-refractivity contribution in [3.63, 3.8) is 0 Å². The van der Waals surface area contributed by atoms with E-state index in [1.54, 1.807) is 28.4 Å². The molecule has 3 aromatic carbocycles. The van der Waals surface area contributed by atoms with E-state index in [0.717, 1.165) is 74.9 Å². The molecule has 6 nitrogen and oxygen atoms in total. The quantitative estimate of drug-likeness (QED) is 0.134. The van der Waals surface area contributed by atoms with Crippen LogP contribution in [0.25, 0.3) is 0 Å². The molecule has 42 heavy (non-hydrogen) atoms. The summed E-state index contributed by atoms with van der Waals surface area (Å²) in [6.45, 7) is 4.09. The molecule has 0 aliphatic heterocycles. The number of hydrogen-bond acceptors (Lipinski definition) is 6. The lowest BCUT2D eigenvalue weighted by Crippen LogP contribution is -2.20. The maximum absolute atomic E-state index is 5.80. The van der Waals surface area contributed by atoms with Gasteiger partial charge < -0.3 is 29.6 Å². The summed E-state index contributed by atoms with van der Waals surface area (Å²) in [5, 5.41) is 7.21. The van der Waals surface area contributed by atoms with Crippen molar-refractivity contribution in [3.8, 4) is 23.0 Å². The van der Waals surface area contributed by atoms with Gasteiger partial charge in [-0.1, -0.05) is 43.2 Å². The average molecular weight is 622 g/mol. The molecule has 0 aliphatic rings. The highest BCUT2D eigenvalue weighted by atomic mass is 35.5. The van der Waals surface area contributed by atoms with E-state index in [1.807, 2.05) is 24.3 Å². The number of unbranched alkanes of at least 4 members (excludes halogenated alkanes) is 3. The standard InChI is InChI=1S/C34H48N2O4.2ClH/c1-37-30-13-9-11-27(25-30)15-17-32-29(16-18-33(39-3)34(32)40-4)20-24-36-22-8-6-5-7-21-35-23-19-28-12-10-14-31(26-28)38-2;;/h9-14,16,18,25-26,35-36H,5-8,15,17,19-24H2,1-4H3;2*1H. The minimum Gasteiger partial charge on any atom is -0.497 e. The summed E-state index contributed by atoms with van der Waals surface area (Å²) in [6.07, 6.45) is 8.74. The van der Waals surface area contributed by atoms with E-state index >= 15 is 0 Å². The van der Waals surface area contributed by atoms with Gasteiger partial charge in [-0.15, -0.1) is 24.8 Å². The molecule has 0 unspecified atom stereocenters. The van der Waals surface area contributed by atoms with Crippen molar-refractivity contribution in [1.29, 1.82) is 0 Å². The third kappa shape index (κ3) is 12.7. The Morgan fingerprint density at radius 2 is 1.10 bits per heavy atom. The van der Waals surface area contributed by atoms with Gasteiger partial charge in [0, 0.05) is 5.56 Å². The monoisotopic (exact) mass is 620 g/mol. The van der Waals surface area contributed by atoms with Crippen molar-refractivity contribution in [2.75, 3.05) is 54.6 Å². The van der Waals surface area contributed by atoms with Crippen LogP contribution in [0.5, 0.6) is 23.0 Å². The highest BCUT2D eigenvalue weighted by Crippen LogP contribution is 2.34. The zero-order chi connectivity index (χ0) is 28.4. The molecule has 2 N–H and O–H groups in total. The van der Waals surface area contributed by atoms with Gasteiger partial charge in [-0.05, 0) is 112 Å². The van der Waals surface area contributed by atoms with Crippen LogP contribution in [0, 0.1) is 0 Å². The molecule has 3 aromatic rings. The number of ether oxygens (including phenoxy) is 4. The van der Waals surface area contributed by atoms with E-state index in [2.05, 4.69) is 47.0 Å². The summed E-state index contributed by atoms with van der Waals surface area (Å²) >= 11 is 0. The third-order valence-corrected chi connectivity index (χ3v) is 7.30. The molecule has 8 heteroatoms. The molecule has 0 fully saturated rings. The maximum Gasteiger partial charge on any atom is 0.164 e. The molecule has 0 aliphatic carbocycles. The smallest absolute Gasteiger partial charge is 0.164 e. The Balaban J connectivity index is 0.00000441. The predicted molar refractivity (Wildman–Crippen MR) is 179 cm³/mol. The number of benzene rings is 3. The highest BCUT2D eigenvalue weighted by molar-refractivity contribution is 5.85. The fourth-order valence-corrected chi connectivity index (χ4v) is 5.02. The first kappa shape index (κ1) is 37.4. The summed E-state index contributed by atoms with van der Waals surface area (Å²) < 4.78 is 22.1. The zero-order valence-corrected chi connectivity index (χ0v) is 27.3. The van der Waals surface area contributed by atoms with Crippen molar-refractivity contribution in [1.82, 2.24) is 10.6 Å². The van der Waals surface area contributed by atoms with E-state index in [0.29, 0.717) is 0 Å². The fraction of sp³-hybridized carbons (Fsp3) is 0.471. The lowest BCUT2D eigenvalue weighted by atomic mass is 9.96. The number of hydrogen-bond donors (Lipinski definition) is 2. The minimum atomic E-state index is 0. The minimum absolute atomic E-state index is 0. The second-order valence-corrected chi connectivity index (χ2v) is 10.1. The second-order valence-electron chi connectivity index (χ2n) is 10.1. The van der Waals surface area contributed by atoms with Gasteiger partial charge in [-0.3, -0.25) is 0 Å². The normalized spacial score (nSPS) is 10.4. The van der Waals surface area contributed by atoms with E-state index in [1.165, 1.54) is 47.9 Å². The van der Waals surface area contributed by atoms with Crippen LogP contribution in [-0.4, -0.2) is 54.6 Å². The predicted octanol–water partition coefficient (Wildman–Crippen LogP) is 6.87. The van der Waals surface area contributed by atoms with Gasteiger partial charge in [0.1, 0.15) is 11.5 Å². The summed E-state index contributed by atoms with van der Waals surface area (Å²) in [4.78, 5) is 0. The molecule has 0 saturated carbocycles. The van der Waals surface area contributed by atoms with Crippen molar-refractivity contribution in [2.24, 2.45) is 0 Å².